The Hall–Kier alpha value is -1.40. The van der Waals surface area contributed by atoms with Crippen LogP contribution in [-0.2, 0) is 9.53 Å². The van der Waals surface area contributed by atoms with Crippen molar-refractivity contribution in [3.63, 3.8) is 0 Å². The molecule has 0 amide bonds. The van der Waals surface area contributed by atoms with Crippen LogP contribution < -0.4 is 9.64 Å². The van der Waals surface area contributed by atoms with Crippen molar-refractivity contribution in [3.05, 3.63) is 18.2 Å². The van der Waals surface area contributed by atoms with Gasteiger partial charge in [0.2, 0.25) is 0 Å². The Kier molecular flexibility index (Phi) is 7.39. The van der Waals surface area contributed by atoms with Crippen LogP contribution in [0.25, 0.3) is 0 Å². The molecule has 21 heavy (non-hydrogen) atoms. The van der Waals surface area contributed by atoms with Crippen LogP contribution in [0.4, 0.5) is 5.69 Å². The standard InChI is InChI=1S/C15H24N2O3S/c1-16(2)9-10-17(3)12-7-6-8-13(15(12)21-5)20-11-14(18)19-4/h6-8H,9-11H2,1-5H3. The highest BCUT2D eigenvalue weighted by atomic mass is 32.2. The highest BCUT2D eigenvalue weighted by Gasteiger charge is 2.13. The molecule has 0 N–H and O–H groups in total. The fourth-order valence-electron chi connectivity index (χ4n) is 1.79. The van der Waals surface area contributed by atoms with Crippen LogP contribution in [0, 0.1) is 0 Å². The van der Waals surface area contributed by atoms with E-state index >= 15 is 0 Å². The van der Waals surface area contributed by atoms with Gasteiger partial charge in [-0.25, -0.2) is 4.79 Å². The van der Waals surface area contributed by atoms with Crippen LogP contribution in [0.5, 0.6) is 5.75 Å². The van der Waals surface area contributed by atoms with Crippen molar-refractivity contribution in [1.82, 2.24) is 4.90 Å². The number of likely N-dealkylation sites (N-methyl/N-ethyl adjacent to an activating group) is 2. The van der Waals surface area contributed by atoms with Gasteiger partial charge < -0.3 is 19.3 Å². The molecule has 0 aromatic heterocycles. The third-order valence-electron chi connectivity index (χ3n) is 3.03. The smallest absolute Gasteiger partial charge is 0.343 e. The van der Waals surface area contributed by atoms with Crippen molar-refractivity contribution < 1.29 is 14.3 Å². The highest BCUT2D eigenvalue weighted by molar-refractivity contribution is 7.98. The monoisotopic (exact) mass is 312 g/mol. The summed E-state index contributed by atoms with van der Waals surface area (Å²) in [6, 6.07) is 5.87. The number of benzene rings is 1. The van der Waals surface area contributed by atoms with E-state index in [9.17, 15) is 4.79 Å². The molecule has 0 atom stereocenters. The van der Waals surface area contributed by atoms with Crippen molar-refractivity contribution in [2.45, 2.75) is 4.90 Å². The lowest BCUT2D eigenvalue weighted by Gasteiger charge is -2.24. The Morgan fingerprint density at radius 1 is 1.24 bits per heavy atom. The summed E-state index contributed by atoms with van der Waals surface area (Å²) in [6.07, 6.45) is 2.00. The van der Waals surface area contributed by atoms with Crippen LogP contribution >= 0.6 is 11.8 Å². The molecule has 5 nitrogen and oxygen atoms in total. The molecular formula is C15H24N2O3S. The first-order valence-electron chi connectivity index (χ1n) is 6.72. The van der Waals surface area contributed by atoms with Crippen molar-refractivity contribution >= 4 is 23.4 Å². The lowest BCUT2D eigenvalue weighted by Crippen LogP contribution is -2.28. The zero-order valence-corrected chi connectivity index (χ0v) is 14.2. The number of carbonyl (C=O) groups excluding carboxylic acids is 1. The molecule has 0 radical (unpaired) electrons. The second-order valence-corrected chi connectivity index (χ2v) is 5.71. The van der Waals surface area contributed by atoms with Gasteiger partial charge in [0.1, 0.15) is 5.75 Å². The molecule has 1 aromatic rings. The summed E-state index contributed by atoms with van der Waals surface area (Å²) >= 11 is 1.61. The van der Waals surface area contributed by atoms with Gasteiger partial charge in [0.25, 0.3) is 0 Å². The molecule has 0 aliphatic carbocycles. The van der Waals surface area contributed by atoms with E-state index in [1.807, 2.05) is 18.4 Å². The number of esters is 1. The van der Waals surface area contributed by atoms with E-state index in [0.717, 1.165) is 23.7 Å². The Balaban J connectivity index is 2.87. The van der Waals surface area contributed by atoms with Crippen LogP contribution in [0.15, 0.2) is 23.1 Å². The van der Waals surface area contributed by atoms with Crippen molar-refractivity contribution in [2.24, 2.45) is 0 Å². The maximum Gasteiger partial charge on any atom is 0.343 e. The molecule has 0 bridgehead atoms. The minimum Gasteiger partial charge on any atom is -0.481 e. The third-order valence-corrected chi connectivity index (χ3v) is 3.85. The summed E-state index contributed by atoms with van der Waals surface area (Å²) < 4.78 is 10.2. The second-order valence-electron chi connectivity index (χ2n) is 4.90. The first-order valence-corrected chi connectivity index (χ1v) is 7.94. The predicted molar refractivity (Wildman–Crippen MR) is 87.6 cm³/mol. The van der Waals surface area contributed by atoms with Gasteiger partial charge in [-0.3, -0.25) is 0 Å². The molecule has 0 spiro atoms. The van der Waals surface area contributed by atoms with Gasteiger partial charge in [-0.05, 0) is 32.5 Å². The maximum atomic E-state index is 11.2. The largest absolute Gasteiger partial charge is 0.481 e. The summed E-state index contributed by atoms with van der Waals surface area (Å²) in [5.74, 6) is 0.329. The average Bonchev–Trinajstić information content (AvgIpc) is 2.49. The zero-order chi connectivity index (χ0) is 15.8. The molecular weight excluding hydrogens is 288 g/mol. The third kappa shape index (κ3) is 5.47. The maximum absolute atomic E-state index is 11.2. The summed E-state index contributed by atoms with van der Waals surface area (Å²) in [5.41, 5.74) is 1.10. The summed E-state index contributed by atoms with van der Waals surface area (Å²) in [5, 5.41) is 0. The number of thioether (sulfide) groups is 1. The van der Waals surface area contributed by atoms with E-state index in [1.165, 1.54) is 7.11 Å². The van der Waals surface area contributed by atoms with Crippen molar-refractivity contribution in [3.8, 4) is 5.75 Å². The first-order chi connectivity index (χ1) is 9.99. The fourth-order valence-corrected chi connectivity index (χ4v) is 2.55. The lowest BCUT2D eigenvalue weighted by molar-refractivity contribution is -0.142. The van der Waals surface area contributed by atoms with Crippen molar-refractivity contribution in [1.29, 1.82) is 0 Å². The lowest BCUT2D eigenvalue weighted by atomic mass is 10.2. The van der Waals surface area contributed by atoms with E-state index < -0.39 is 0 Å². The quantitative estimate of drug-likeness (QED) is 0.540. The number of nitrogens with zero attached hydrogens (tertiary/aromatic N) is 2. The molecule has 0 fully saturated rings. The van der Waals surface area contributed by atoms with Gasteiger partial charge >= 0.3 is 5.97 Å². The molecule has 0 heterocycles. The normalized spacial score (nSPS) is 10.6. The minimum absolute atomic E-state index is 0.0745. The number of hydrogen-bond acceptors (Lipinski definition) is 6. The molecule has 0 aliphatic heterocycles. The Labute approximate surface area is 131 Å². The molecule has 0 saturated heterocycles. The van der Waals surface area contributed by atoms with Gasteiger partial charge in [-0.15, -0.1) is 11.8 Å². The van der Waals surface area contributed by atoms with Gasteiger partial charge in [0, 0.05) is 20.1 Å². The molecule has 118 valence electrons. The fraction of sp³-hybridized carbons (Fsp3) is 0.533. The Morgan fingerprint density at radius 3 is 2.52 bits per heavy atom. The van der Waals surface area contributed by atoms with Crippen LogP contribution in [-0.4, -0.2) is 65.1 Å². The Bertz CT molecular complexity index is 466. The van der Waals surface area contributed by atoms with E-state index in [2.05, 4.69) is 41.7 Å². The summed E-state index contributed by atoms with van der Waals surface area (Å²) in [6.45, 7) is 1.81. The Morgan fingerprint density at radius 2 is 1.95 bits per heavy atom. The minimum atomic E-state index is -0.381. The highest BCUT2D eigenvalue weighted by Crippen LogP contribution is 2.36. The number of anilines is 1. The first kappa shape index (κ1) is 17.7. The predicted octanol–water partition coefficient (Wildman–Crippen LogP) is 1.96. The number of rotatable bonds is 8. The molecule has 0 aliphatic rings. The van der Waals surface area contributed by atoms with Gasteiger partial charge in [-0.2, -0.15) is 0 Å². The van der Waals surface area contributed by atoms with Crippen LogP contribution in [0.2, 0.25) is 0 Å². The SMILES string of the molecule is COC(=O)COc1cccc(N(C)CCN(C)C)c1SC. The van der Waals surface area contributed by atoms with E-state index in [4.69, 9.17) is 4.74 Å². The van der Waals surface area contributed by atoms with Crippen LogP contribution in [0.1, 0.15) is 0 Å². The van der Waals surface area contributed by atoms with Crippen molar-refractivity contribution in [2.75, 3.05) is 59.1 Å². The van der Waals surface area contributed by atoms with E-state index in [0.29, 0.717) is 5.75 Å². The number of ether oxygens (including phenoxy) is 2. The number of hydrogen-bond donors (Lipinski definition) is 0. The van der Waals surface area contributed by atoms with Gasteiger partial charge in [0.05, 0.1) is 17.7 Å². The number of methoxy groups -OCH3 is 1. The molecule has 1 aromatic carbocycles. The average molecular weight is 312 g/mol. The van der Waals surface area contributed by atoms with E-state index in [1.54, 1.807) is 11.8 Å². The van der Waals surface area contributed by atoms with E-state index in [-0.39, 0.29) is 12.6 Å². The van der Waals surface area contributed by atoms with Gasteiger partial charge in [-0.1, -0.05) is 6.07 Å². The molecule has 1 rings (SSSR count). The molecule has 6 heteroatoms. The number of carbonyl (C=O) groups is 1. The zero-order valence-electron chi connectivity index (χ0n) is 13.4. The van der Waals surface area contributed by atoms with Gasteiger partial charge in [0.15, 0.2) is 6.61 Å². The summed E-state index contributed by atoms with van der Waals surface area (Å²) in [4.78, 5) is 16.6. The topological polar surface area (TPSA) is 42.0 Å². The second kappa shape index (κ2) is 8.79. The van der Waals surface area contributed by atoms with Crippen LogP contribution in [0.3, 0.4) is 0 Å². The molecule has 0 saturated carbocycles. The summed E-state index contributed by atoms with van der Waals surface area (Å²) in [7, 11) is 7.52. The molecule has 0 unspecified atom stereocenters.